The van der Waals surface area contributed by atoms with Crippen LogP contribution >= 0.6 is 0 Å². The van der Waals surface area contributed by atoms with E-state index in [0.29, 0.717) is 36.9 Å². The standard InChI is InChI=1S/C28H33NO6S/c1-22-18-28(21-35-27(31)17-9-4-2-3-8-16-26(30)34-19-22)20-29(25-15-11-10-14-24(25)28)36(32,33)23-12-6-5-7-13-23/h5-7,10-15H,1-4,8-9,16-21H2. The van der Waals surface area contributed by atoms with Gasteiger partial charge in [-0.25, -0.2) is 8.42 Å². The van der Waals surface area contributed by atoms with Gasteiger partial charge >= 0.3 is 11.9 Å². The summed E-state index contributed by atoms with van der Waals surface area (Å²) in [7, 11) is -3.86. The maximum absolute atomic E-state index is 13.7. The molecule has 8 heteroatoms. The first kappa shape index (κ1) is 25.9. The molecule has 192 valence electrons. The lowest BCUT2D eigenvalue weighted by atomic mass is 9.78. The van der Waals surface area contributed by atoms with Crippen molar-refractivity contribution in [1.29, 1.82) is 0 Å². The molecule has 2 aromatic carbocycles. The summed E-state index contributed by atoms with van der Waals surface area (Å²) in [4.78, 5) is 25.0. The van der Waals surface area contributed by atoms with E-state index in [2.05, 4.69) is 6.58 Å². The number of hydrogen-bond acceptors (Lipinski definition) is 6. The van der Waals surface area contributed by atoms with E-state index in [0.717, 1.165) is 31.2 Å². The van der Waals surface area contributed by atoms with E-state index in [1.807, 2.05) is 12.1 Å². The quantitative estimate of drug-likeness (QED) is 0.420. The van der Waals surface area contributed by atoms with E-state index in [1.165, 1.54) is 4.31 Å². The van der Waals surface area contributed by atoms with Crippen LogP contribution in [0.15, 0.2) is 71.6 Å². The number of anilines is 1. The van der Waals surface area contributed by atoms with E-state index in [4.69, 9.17) is 9.47 Å². The number of nitrogens with zero attached hydrogens (tertiary/aromatic N) is 1. The van der Waals surface area contributed by atoms with Gasteiger partial charge in [-0.3, -0.25) is 13.9 Å². The minimum Gasteiger partial charge on any atom is -0.465 e. The van der Waals surface area contributed by atoms with Gasteiger partial charge in [0.15, 0.2) is 0 Å². The van der Waals surface area contributed by atoms with Gasteiger partial charge in [0.05, 0.1) is 16.0 Å². The summed E-state index contributed by atoms with van der Waals surface area (Å²) in [5, 5.41) is 0. The number of rotatable bonds is 2. The number of sulfonamides is 1. The van der Waals surface area contributed by atoms with Crippen LogP contribution in [0, 0.1) is 0 Å². The van der Waals surface area contributed by atoms with Gasteiger partial charge < -0.3 is 9.47 Å². The SMILES string of the molecule is C=C1COC(=O)CCCCCCCC(=O)OCC2(C1)CN(S(=O)(=O)c1ccccc1)c1ccccc12. The maximum atomic E-state index is 13.7. The smallest absolute Gasteiger partial charge is 0.306 e. The van der Waals surface area contributed by atoms with Crippen LogP contribution in [0.5, 0.6) is 0 Å². The molecule has 0 aliphatic carbocycles. The molecule has 2 aliphatic rings. The van der Waals surface area contributed by atoms with Crippen molar-refractivity contribution in [2.75, 3.05) is 24.1 Å². The van der Waals surface area contributed by atoms with Crippen LogP contribution in [0.4, 0.5) is 5.69 Å². The highest BCUT2D eigenvalue weighted by atomic mass is 32.2. The Morgan fingerprint density at radius 1 is 0.806 bits per heavy atom. The van der Waals surface area contributed by atoms with Crippen molar-refractivity contribution in [2.45, 2.75) is 61.7 Å². The lowest BCUT2D eigenvalue weighted by Gasteiger charge is -2.31. The van der Waals surface area contributed by atoms with E-state index >= 15 is 0 Å². The minimum atomic E-state index is -3.86. The number of esters is 2. The van der Waals surface area contributed by atoms with Gasteiger partial charge in [0, 0.05) is 19.4 Å². The second-order valence-electron chi connectivity index (χ2n) is 9.64. The normalized spacial score (nSPS) is 22.7. The zero-order valence-electron chi connectivity index (χ0n) is 20.5. The largest absolute Gasteiger partial charge is 0.465 e. The Bertz CT molecular complexity index is 1210. The van der Waals surface area contributed by atoms with Crippen LogP contribution in [-0.4, -0.2) is 40.1 Å². The maximum Gasteiger partial charge on any atom is 0.306 e. The second-order valence-corrected chi connectivity index (χ2v) is 11.5. The summed E-state index contributed by atoms with van der Waals surface area (Å²) in [6.07, 6.45) is 5.18. The van der Waals surface area contributed by atoms with Crippen LogP contribution in [0.25, 0.3) is 0 Å². The van der Waals surface area contributed by atoms with Crippen LogP contribution in [0.1, 0.15) is 56.9 Å². The summed E-state index contributed by atoms with van der Waals surface area (Å²) in [6, 6.07) is 15.6. The lowest BCUT2D eigenvalue weighted by Crippen LogP contribution is -2.41. The Morgan fingerprint density at radius 3 is 2.14 bits per heavy atom. The number of benzene rings is 2. The zero-order chi connectivity index (χ0) is 25.6. The Labute approximate surface area is 213 Å². The predicted molar refractivity (Wildman–Crippen MR) is 137 cm³/mol. The first-order valence-corrected chi connectivity index (χ1v) is 13.9. The Hall–Kier alpha value is -3.13. The van der Waals surface area contributed by atoms with Crippen LogP contribution in [0.2, 0.25) is 0 Å². The van der Waals surface area contributed by atoms with E-state index < -0.39 is 15.4 Å². The number of hydrogen-bond donors (Lipinski definition) is 0. The van der Waals surface area contributed by atoms with Gasteiger partial charge in [0.1, 0.15) is 13.2 Å². The average molecular weight is 512 g/mol. The summed E-state index contributed by atoms with van der Waals surface area (Å²) >= 11 is 0. The highest BCUT2D eigenvalue weighted by molar-refractivity contribution is 7.92. The first-order valence-electron chi connectivity index (χ1n) is 12.5. The van der Waals surface area contributed by atoms with Gasteiger partial charge in [-0.15, -0.1) is 0 Å². The molecule has 1 spiro atoms. The fourth-order valence-electron chi connectivity index (χ4n) is 4.99. The number of cyclic esters (lactones) is 2. The second kappa shape index (κ2) is 11.3. The summed E-state index contributed by atoms with van der Waals surface area (Å²) < 4.78 is 39.9. The average Bonchev–Trinajstić information content (AvgIpc) is 3.21. The molecule has 2 aliphatic heterocycles. The first-order chi connectivity index (χ1) is 17.3. The summed E-state index contributed by atoms with van der Waals surface area (Å²) in [5.74, 6) is -0.552. The zero-order valence-corrected chi connectivity index (χ0v) is 21.3. The van der Waals surface area contributed by atoms with Crippen molar-refractivity contribution in [3.8, 4) is 0 Å². The van der Waals surface area contributed by atoms with Gasteiger partial charge in [0.2, 0.25) is 0 Å². The lowest BCUT2D eigenvalue weighted by molar-refractivity contribution is -0.145. The van der Waals surface area contributed by atoms with Crippen molar-refractivity contribution in [2.24, 2.45) is 0 Å². The molecule has 1 unspecified atom stereocenters. The van der Waals surface area contributed by atoms with Gasteiger partial charge in [-0.05, 0) is 48.6 Å². The third-order valence-electron chi connectivity index (χ3n) is 6.82. The van der Waals surface area contributed by atoms with Gasteiger partial charge in [0.25, 0.3) is 10.0 Å². The molecule has 0 radical (unpaired) electrons. The molecule has 0 aromatic heterocycles. The molecule has 0 N–H and O–H groups in total. The van der Waals surface area contributed by atoms with Crippen molar-refractivity contribution < 1.29 is 27.5 Å². The number of carbonyl (C=O) groups excluding carboxylic acids is 2. The molecule has 2 aromatic rings. The molecular formula is C28H33NO6S. The Balaban J connectivity index is 1.68. The van der Waals surface area contributed by atoms with Crippen LogP contribution in [0.3, 0.4) is 0 Å². The molecule has 0 saturated carbocycles. The van der Waals surface area contributed by atoms with Crippen molar-refractivity contribution in [1.82, 2.24) is 0 Å². The topological polar surface area (TPSA) is 90.0 Å². The Morgan fingerprint density at radius 2 is 1.42 bits per heavy atom. The third kappa shape index (κ3) is 5.81. The highest BCUT2D eigenvalue weighted by Crippen LogP contribution is 2.46. The molecule has 7 nitrogen and oxygen atoms in total. The van der Waals surface area contributed by atoms with Gasteiger partial charge in [-0.1, -0.05) is 62.2 Å². The van der Waals surface area contributed by atoms with E-state index in [9.17, 15) is 18.0 Å². The van der Waals surface area contributed by atoms with E-state index in [1.54, 1.807) is 42.5 Å². The molecule has 4 rings (SSSR count). The fourth-order valence-corrected chi connectivity index (χ4v) is 6.58. The van der Waals surface area contributed by atoms with Gasteiger partial charge in [-0.2, -0.15) is 0 Å². The van der Waals surface area contributed by atoms with Crippen molar-refractivity contribution in [3.63, 3.8) is 0 Å². The van der Waals surface area contributed by atoms with Crippen LogP contribution < -0.4 is 4.31 Å². The molecule has 0 amide bonds. The third-order valence-corrected chi connectivity index (χ3v) is 8.59. The molecule has 1 atom stereocenters. The number of para-hydroxylation sites is 1. The van der Waals surface area contributed by atoms with E-state index in [-0.39, 0.29) is 36.6 Å². The van der Waals surface area contributed by atoms with Crippen LogP contribution in [-0.2, 0) is 34.5 Å². The fraction of sp³-hybridized carbons (Fsp3) is 0.429. The number of carbonyl (C=O) groups is 2. The van der Waals surface area contributed by atoms with Crippen molar-refractivity contribution >= 4 is 27.6 Å². The summed E-state index contributed by atoms with van der Waals surface area (Å²) in [5.41, 5.74) is 1.11. The number of ether oxygens (including phenoxy) is 2. The predicted octanol–water partition coefficient (Wildman–Crippen LogP) is 4.91. The molecule has 1 fully saturated rings. The molecule has 2 heterocycles. The molecule has 0 bridgehead atoms. The Kier molecular flexibility index (Phi) is 8.14. The highest BCUT2D eigenvalue weighted by Gasteiger charge is 2.48. The monoisotopic (exact) mass is 511 g/mol. The molecule has 36 heavy (non-hydrogen) atoms. The molecule has 1 saturated heterocycles. The number of fused-ring (bicyclic) bond motifs is 2. The molecular weight excluding hydrogens is 478 g/mol. The summed E-state index contributed by atoms with van der Waals surface area (Å²) in [6.45, 7) is 4.26. The van der Waals surface area contributed by atoms with Crippen molar-refractivity contribution in [3.05, 3.63) is 72.3 Å². The minimum absolute atomic E-state index is 0.0105.